The minimum absolute atomic E-state index is 0.153. The molecule has 1 unspecified atom stereocenters. The van der Waals surface area contributed by atoms with E-state index in [2.05, 4.69) is 15.6 Å². The number of carbonyl (C=O) groups excluding carboxylic acids is 3. The second kappa shape index (κ2) is 8.73. The highest BCUT2D eigenvalue weighted by molar-refractivity contribution is 7.15. The molecular formula is C21H24N4O3S. The molecule has 1 atom stereocenters. The fraction of sp³-hybridized carbons (Fsp3) is 0.429. The first-order valence-corrected chi connectivity index (χ1v) is 10.9. The van der Waals surface area contributed by atoms with E-state index in [0.717, 1.165) is 30.5 Å². The number of fused-ring (bicyclic) bond motifs is 1. The number of thiazole rings is 1. The number of urea groups is 1. The van der Waals surface area contributed by atoms with E-state index in [1.54, 1.807) is 11.3 Å². The molecule has 1 aromatic carbocycles. The van der Waals surface area contributed by atoms with Crippen molar-refractivity contribution in [3.05, 3.63) is 46.5 Å². The molecule has 7 nitrogen and oxygen atoms in total. The summed E-state index contributed by atoms with van der Waals surface area (Å²) < 4.78 is 0. The Balaban J connectivity index is 1.29. The topological polar surface area (TPSA) is 91.4 Å². The van der Waals surface area contributed by atoms with Crippen LogP contribution in [0.4, 0.5) is 9.93 Å². The van der Waals surface area contributed by atoms with Crippen LogP contribution in [-0.4, -0.2) is 33.8 Å². The highest BCUT2D eigenvalue weighted by Gasteiger charge is 2.37. The lowest BCUT2D eigenvalue weighted by Crippen LogP contribution is -2.31. The summed E-state index contributed by atoms with van der Waals surface area (Å²) in [6.45, 7) is 0.235. The van der Waals surface area contributed by atoms with Gasteiger partial charge < -0.3 is 10.6 Å². The summed E-state index contributed by atoms with van der Waals surface area (Å²) >= 11 is 1.55. The Morgan fingerprint density at radius 1 is 1.17 bits per heavy atom. The molecule has 2 heterocycles. The number of imide groups is 1. The third-order valence-corrected chi connectivity index (χ3v) is 6.37. The summed E-state index contributed by atoms with van der Waals surface area (Å²) in [4.78, 5) is 44.1. The van der Waals surface area contributed by atoms with Gasteiger partial charge in [-0.2, -0.15) is 0 Å². The van der Waals surface area contributed by atoms with Gasteiger partial charge in [-0.3, -0.25) is 14.5 Å². The maximum atomic E-state index is 12.6. The number of benzene rings is 1. The molecule has 1 aliphatic carbocycles. The molecule has 2 N–H and O–H groups in total. The fourth-order valence-corrected chi connectivity index (χ4v) is 4.79. The second-order valence-corrected chi connectivity index (χ2v) is 8.53. The van der Waals surface area contributed by atoms with Gasteiger partial charge in [0.25, 0.3) is 5.91 Å². The van der Waals surface area contributed by atoms with Crippen LogP contribution >= 0.6 is 11.3 Å². The van der Waals surface area contributed by atoms with Crippen LogP contribution in [0.25, 0.3) is 0 Å². The summed E-state index contributed by atoms with van der Waals surface area (Å²) in [5.41, 5.74) is 2.00. The van der Waals surface area contributed by atoms with E-state index >= 15 is 0 Å². The van der Waals surface area contributed by atoms with Crippen molar-refractivity contribution in [3.8, 4) is 0 Å². The van der Waals surface area contributed by atoms with Crippen LogP contribution in [0.15, 0.2) is 30.3 Å². The number of aryl methyl sites for hydroxylation is 2. The van der Waals surface area contributed by atoms with Crippen molar-refractivity contribution in [2.45, 2.75) is 57.5 Å². The SMILES string of the molecule is O=C(CCC1NC(=O)N(Cc2ccccc2)C1=O)Nc1nc2c(s1)CCCCC2. The number of nitrogens with one attached hydrogen (secondary N) is 2. The molecule has 1 aliphatic heterocycles. The first kappa shape index (κ1) is 19.6. The van der Waals surface area contributed by atoms with Gasteiger partial charge >= 0.3 is 6.03 Å². The predicted octanol–water partition coefficient (Wildman–Crippen LogP) is 3.25. The van der Waals surface area contributed by atoms with Crippen molar-refractivity contribution in [3.63, 3.8) is 0 Å². The number of hydrogen-bond donors (Lipinski definition) is 2. The summed E-state index contributed by atoms with van der Waals surface area (Å²) in [6.07, 6.45) is 5.98. The Labute approximate surface area is 173 Å². The van der Waals surface area contributed by atoms with Gasteiger partial charge in [0, 0.05) is 11.3 Å². The number of hydrogen-bond acceptors (Lipinski definition) is 5. The largest absolute Gasteiger partial charge is 0.326 e. The highest BCUT2D eigenvalue weighted by Crippen LogP contribution is 2.29. The van der Waals surface area contributed by atoms with E-state index in [1.807, 2.05) is 30.3 Å². The number of nitrogens with zero attached hydrogens (tertiary/aromatic N) is 2. The maximum Gasteiger partial charge on any atom is 0.325 e. The maximum absolute atomic E-state index is 12.6. The van der Waals surface area contributed by atoms with E-state index < -0.39 is 12.1 Å². The van der Waals surface area contributed by atoms with Crippen LogP contribution < -0.4 is 10.6 Å². The zero-order valence-electron chi connectivity index (χ0n) is 16.1. The van der Waals surface area contributed by atoms with Crippen LogP contribution in [0.3, 0.4) is 0 Å². The minimum Gasteiger partial charge on any atom is -0.326 e. The van der Waals surface area contributed by atoms with Crippen LogP contribution in [0.1, 0.15) is 48.2 Å². The van der Waals surface area contributed by atoms with E-state index in [4.69, 9.17) is 0 Å². The summed E-state index contributed by atoms with van der Waals surface area (Å²) in [6, 6.07) is 8.30. The summed E-state index contributed by atoms with van der Waals surface area (Å²) in [5, 5.41) is 6.17. The first-order chi connectivity index (χ1) is 14.1. The number of amides is 4. The lowest BCUT2D eigenvalue weighted by molar-refractivity contribution is -0.128. The van der Waals surface area contributed by atoms with Gasteiger partial charge in [-0.15, -0.1) is 11.3 Å². The number of carbonyl (C=O) groups is 3. The Morgan fingerprint density at radius 3 is 2.79 bits per heavy atom. The predicted molar refractivity (Wildman–Crippen MR) is 111 cm³/mol. The lowest BCUT2D eigenvalue weighted by Gasteiger charge is -2.13. The van der Waals surface area contributed by atoms with E-state index in [0.29, 0.717) is 5.13 Å². The molecule has 0 radical (unpaired) electrons. The van der Waals surface area contributed by atoms with E-state index in [1.165, 1.54) is 22.6 Å². The van der Waals surface area contributed by atoms with Crippen molar-refractivity contribution in [2.75, 3.05) is 5.32 Å². The van der Waals surface area contributed by atoms with Gasteiger partial charge in [-0.1, -0.05) is 36.8 Å². The van der Waals surface area contributed by atoms with Gasteiger partial charge in [0.15, 0.2) is 5.13 Å². The molecule has 29 heavy (non-hydrogen) atoms. The normalized spacial score (nSPS) is 18.9. The Bertz CT molecular complexity index is 888. The zero-order chi connectivity index (χ0) is 20.2. The molecule has 152 valence electrons. The van der Waals surface area contributed by atoms with Crippen LogP contribution in [0.5, 0.6) is 0 Å². The zero-order valence-corrected chi connectivity index (χ0v) is 17.0. The van der Waals surface area contributed by atoms with Crippen molar-refractivity contribution in [1.29, 1.82) is 0 Å². The molecule has 0 bridgehead atoms. The lowest BCUT2D eigenvalue weighted by atomic mass is 10.1. The standard InChI is InChI=1S/C21H24N4O3S/c26-18(24-20-22-15-9-5-2-6-10-17(15)29-20)12-11-16-19(27)25(21(28)23-16)13-14-7-3-1-4-8-14/h1,3-4,7-8,16H,2,5-6,9-13H2,(H,23,28)(H,22,24,26). The number of rotatable bonds is 6. The van der Waals surface area contributed by atoms with Gasteiger partial charge in [-0.05, 0) is 37.7 Å². The third kappa shape index (κ3) is 4.64. The van der Waals surface area contributed by atoms with Crippen molar-refractivity contribution in [2.24, 2.45) is 0 Å². The Morgan fingerprint density at radius 2 is 1.97 bits per heavy atom. The quantitative estimate of drug-likeness (QED) is 0.563. The molecule has 2 aromatic rings. The first-order valence-electron chi connectivity index (χ1n) is 10.0. The Kier molecular flexibility index (Phi) is 5.89. The average molecular weight is 413 g/mol. The Hall–Kier alpha value is -2.74. The molecule has 0 saturated carbocycles. The van der Waals surface area contributed by atoms with Crippen molar-refractivity contribution in [1.82, 2.24) is 15.2 Å². The van der Waals surface area contributed by atoms with Gasteiger partial charge in [0.1, 0.15) is 6.04 Å². The molecule has 2 aliphatic rings. The smallest absolute Gasteiger partial charge is 0.325 e. The third-order valence-electron chi connectivity index (χ3n) is 5.29. The van der Waals surface area contributed by atoms with Crippen LogP contribution in [-0.2, 0) is 29.0 Å². The van der Waals surface area contributed by atoms with Crippen molar-refractivity contribution >= 4 is 34.3 Å². The minimum atomic E-state index is -0.662. The van der Waals surface area contributed by atoms with E-state index in [-0.39, 0.29) is 31.2 Å². The highest BCUT2D eigenvalue weighted by atomic mass is 32.1. The van der Waals surface area contributed by atoms with Crippen LogP contribution in [0, 0.1) is 0 Å². The average Bonchev–Trinajstić information content (AvgIpc) is 3.12. The molecular weight excluding hydrogens is 388 g/mol. The molecule has 4 rings (SSSR count). The van der Waals surface area contributed by atoms with Crippen molar-refractivity contribution < 1.29 is 14.4 Å². The van der Waals surface area contributed by atoms with Gasteiger partial charge in [0.05, 0.1) is 12.2 Å². The summed E-state index contributed by atoms with van der Waals surface area (Å²) in [5.74, 6) is -0.468. The van der Waals surface area contributed by atoms with Gasteiger partial charge in [-0.25, -0.2) is 9.78 Å². The molecule has 1 saturated heterocycles. The second-order valence-electron chi connectivity index (χ2n) is 7.45. The molecule has 4 amide bonds. The number of anilines is 1. The number of aromatic nitrogens is 1. The van der Waals surface area contributed by atoms with Gasteiger partial charge in [0.2, 0.25) is 5.91 Å². The molecule has 1 fully saturated rings. The molecule has 0 spiro atoms. The van der Waals surface area contributed by atoms with Crippen LogP contribution in [0.2, 0.25) is 0 Å². The molecule has 8 heteroatoms. The summed E-state index contributed by atoms with van der Waals surface area (Å²) in [7, 11) is 0. The molecule has 1 aromatic heterocycles. The monoisotopic (exact) mass is 412 g/mol. The fourth-order valence-electron chi connectivity index (χ4n) is 3.73. The van der Waals surface area contributed by atoms with E-state index in [9.17, 15) is 14.4 Å².